The Balaban J connectivity index is 1.87. The van der Waals surface area contributed by atoms with Crippen LogP contribution in [0.4, 0.5) is 0 Å². The van der Waals surface area contributed by atoms with Crippen molar-refractivity contribution in [2.75, 3.05) is 33.2 Å². The number of piperidine rings is 1. The summed E-state index contributed by atoms with van der Waals surface area (Å²) in [5, 5.41) is 0. The number of rotatable bonds is 5. The topological polar surface area (TPSA) is 49.6 Å². The summed E-state index contributed by atoms with van der Waals surface area (Å²) in [6, 6.07) is 0.429. The second kappa shape index (κ2) is 7.59. The summed E-state index contributed by atoms with van der Waals surface area (Å²) in [7, 11) is 2.00. The standard InChI is InChI=1S/C17H33N3O/c1-3-20-11-7-15(8-12-20)19(2)16(21)13-17(14-18)9-5-4-6-10-17/h15H,3-14,18H2,1-2H3. The number of likely N-dealkylation sites (tertiary alicyclic amines) is 1. The summed E-state index contributed by atoms with van der Waals surface area (Å²) in [5.74, 6) is 0.317. The van der Waals surface area contributed by atoms with Crippen molar-refractivity contribution in [3.63, 3.8) is 0 Å². The van der Waals surface area contributed by atoms with Gasteiger partial charge < -0.3 is 15.5 Å². The highest BCUT2D eigenvalue weighted by molar-refractivity contribution is 5.77. The van der Waals surface area contributed by atoms with Crippen LogP contribution in [0.15, 0.2) is 0 Å². The summed E-state index contributed by atoms with van der Waals surface area (Å²) < 4.78 is 0. The summed E-state index contributed by atoms with van der Waals surface area (Å²) in [6.07, 6.45) is 8.95. The Bertz CT molecular complexity index is 331. The normalized spacial score (nSPS) is 24.0. The Labute approximate surface area is 130 Å². The highest BCUT2D eigenvalue weighted by atomic mass is 16.2. The molecule has 0 aromatic heterocycles. The molecule has 1 aliphatic heterocycles. The molecule has 0 bridgehead atoms. The van der Waals surface area contributed by atoms with Crippen LogP contribution in [-0.4, -0.2) is 55.0 Å². The molecular formula is C17H33N3O. The number of carbonyl (C=O) groups is 1. The minimum Gasteiger partial charge on any atom is -0.343 e. The average Bonchev–Trinajstić information content (AvgIpc) is 2.55. The van der Waals surface area contributed by atoms with Crippen molar-refractivity contribution in [2.24, 2.45) is 11.1 Å². The van der Waals surface area contributed by atoms with Gasteiger partial charge in [-0.05, 0) is 44.2 Å². The summed E-state index contributed by atoms with van der Waals surface area (Å²) >= 11 is 0. The first-order valence-electron chi connectivity index (χ1n) is 8.78. The Morgan fingerprint density at radius 2 is 1.86 bits per heavy atom. The number of hydrogen-bond acceptors (Lipinski definition) is 3. The molecule has 2 aliphatic rings. The molecule has 1 heterocycles. The fourth-order valence-electron chi connectivity index (χ4n) is 4.03. The van der Waals surface area contributed by atoms with Gasteiger partial charge in [-0.3, -0.25) is 4.79 Å². The molecule has 0 radical (unpaired) electrons. The lowest BCUT2D eigenvalue weighted by atomic mass is 9.71. The smallest absolute Gasteiger partial charge is 0.223 e. The van der Waals surface area contributed by atoms with Crippen molar-refractivity contribution in [3.8, 4) is 0 Å². The molecular weight excluding hydrogens is 262 g/mol. The van der Waals surface area contributed by atoms with E-state index in [1.165, 1.54) is 19.3 Å². The van der Waals surface area contributed by atoms with E-state index in [9.17, 15) is 4.79 Å². The van der Waals surface area contributed by atoms with E-state index in [2.05, 4.69) is 11.8 Å². The van der Waals surface area contributed by atoms with E-state index in [0.717, 1.165) is 45.3 Å². The molecule has 2 N–H and O–H groups in total. The average molecular weight is 295 g/mol. The van der Waals surface area contributed by atoms with Crippen LogP contribution in [0, 0.1) is 5.41 Å². The van der Waals surface area contributed by atoms with Crippen LogP contribution >= 0.6 is 0 Å². The van der Waals surface area contributed by atoms with Crippen LogP contribution in [0.25, 0.3) is 0 Å². The first-order chi connectivity index (χ1) is 10.1. The van der Waals surface area contributed by atoms with Crippen molar-refractivity contribution in [3.05, 3.63) is 0 Å². The molecule has 4 heteroatoms. The van der Waals surface area contributed by atoms with Crippen LogP contribution in [0.5, 0.6) is 0 Å². The van der Waals surface area contributed by atoms with Gasteiger partial charge in [-0.1, -0.05) is 26.2 Å². The third-order valence-electron chi connectivity index (χ3n) is 5.82. The molecule has 4 nitrogen and oxygen atoms in total. The highest BCUT2D eigenvalue weighted by Crippen LogP contribution is 2.39. The monoisotopic (exact) mass is 295 g/mol. The minimum absolute atomic E-state index is 0.0910. The van der Waals surface area contributed by atoms with Crippen LogP contribution in [-0.2, 0) is 4.79 Å². The van der Waals surface area contributed by atoms with Gasteiger partial charge in [0.2, 0.25) is 5.91 Å². The van der Waals surface area contributed by atoms with Gasteiger partial charge in [-0.2, -0.15) is 0 Å². The molecule has 122 valence electrons. The number of hydrogen-bond donors (Lipinski definition) is 1. The van der Waals surface area contributed by atoms with E-state index >= 15 is 0 Å². The third kappa shape index (κ3) is 4.19. The van der Waals surface area contributed by atoms with Crippen LogP contribution in [0.2, 0.25) is 0 Å². The number of carbonyl (C=O) groups excluding carboxylic acids is 1. The Morgan fingerprint density at radius 1 is 1.24 bits per heavy atom. The first kappa shape index (κ1) is 16.8. The molecule has 1 saturated heterocycles. The lowest BCUT2D eigenvalue weighted by Crippen LogP contribution is -2.47. The maximum absolute atomic E-state index is 12.7. The fourth-order valence-corrected chi connectivity index (χ4v) is 4.03. The Kier molecular flexibility index (Phi) is 6.06. The number of amides is 1. The maximum atomic E-state index is 12.7. The molecule has 1 amide bonds. The lowest BCUT2D eigenvalue weighted by Gasteiger charge is -2.40. The van der Waals surface area contributed by atoms with Gasteiger partial charge in [0.1, 0.15) is 0 Å². The molecule has 2 fully saturated rings. The molecule has 1 saturated carbocycles. The lowest BCUT2D eigenvalue weighted by molar-refractivity contribution is -0.135. The van der Waals surface area contributed by atoms with Gasteiger partial charge in [0.25, 0.3) is 0 Å². The maximum Gasteiger partial charge on any atom is 0.223 e. The number of nitrogens with two attached hydrogens (primary N) is 1. The molecule has 1 aliphatic carbocycles. The second-order valence-corrected chi connectivity index (χ2v) is 7.11. The largest absolute Gasteiger partial charge is 0.343 e. The molecule has 21 heavy (non-hydrogen) atoms. The van der Waals surface area contributed by atoms with Gasteiger partial charge in [-0.25, -0.2) is 0 Å². The zero-order chi connectivity index (χ0) is 15.3. The summed E-state index contributed by atoms with van der Waals surface area (Å²) in [5.41, 5.74) is 6.11. The third-order valence-corrected chi connectivity index (χ3v) is 5.82. The van der Waals surface area contributed by atoms with E-state index in [4.69, 9.17) is 5.73 Å². The Hall–Kier alpha value is -0.610. The fraction of sp³-hybridized carbons (Fsp3) is 0.941. The van der Waals surface area contributed by atoms with Gasteiger partial charge in [-0.15, -0.1) is 0 Å². The van der Waals surface area contributed by atoms with Crippen molar-refractivity contribution < 1.29 is 4.79 Å². The SMILES string of the molecule is CCN1CCC(N(C)C(=O)CC2(CN)CCCCC2)CC1. The quantitative estimate of drug-likeness (QED) is 0.846. The first-order valence-corrected chi connectivity index (χ1v) is 8.78. The molecule has 2 rings (SSSR count). The van der Waals surface area contributed by atoms with Crippen LogP contribution in [0.3, 0.4) is 0 Å². The van der Waals surface area contributed by atoms with Crippen molar-refractivity contribution >= 4 is 5.91 Å². The molecule has 0 atom stereocenters. The van der Waals surface area contributed by atoms with Gasteiger partial charge in [0.05, 0.1) is 0 Å². The molecule has 0 spiro atoms. The van der Waals surface area contributed by atoms with E-state index < -0.39 is 0 Å². The zero-order valence-corrected chi connectivity index (χ0v) is 13.9. The molecule has 0 unspecified atom stereocenters. The van der Waals surface area contributed by atoms with Crippen LogP contribution in [0.1, 0.15) is 58.3 Å². The summed E-state index contributed by atoms with van der Waals surface area (Å²) in [4.78, 5) is 17.2. The van der Waals surface area contributed by atoms with Crippen LogP contribution < -0.4 is 5.73 Å². The van der Waals surface area contributed by atoms with E-state index in [-0.39, 0.29) is 5.41 Å². The predicted octanol–water partition coefficient (Wildman–Crippen LogP) is 2.23. The summed E-state index contributed by atoms with van der Waals surface area (Å²) in [6.45, 7) is 6.26. The zero-order valence-electron chi connectivity index (χ0n) is 13.9. The predicted molar refractivity (Wildman–Crippen MR) is 87.1 cm³/mol. The van der Waals surface area contributed by atoms with Gasteiger partial charge >= 0.3 is 0 Å². The highest BCUT2D eigenvalue weighted by Gasteiger charge is 2.35. The Morgan fingerprint density at radius 3 is 2.38 bits per heavy atom. The van der Waals surface area contributed by atoms with Crippen molar-refractivity contribution in [1.29, 1.82) is 0 Å². The second-order valence-electron chi connectivity index (χ2n) is 7.11. The minimum atomic E-state index is 0.0910. The molecule has 0 aromatic carbocycles. The van der Waals surface area contributed by atoms with E-state index in [1.54, 1.807) is 0 Å². The van der Waals surface area contributed by atoms with Gasteiger partial charge in [0.15, 0.2) is 0 Å². The van der Waals surface area contributed by atoms with E-state index in [0.29, 0.717) is 24.9 Å². The van der Waals surface area contributed by atoms with Crippen molar-refractivity contribution in [2.45, 2.75) is 64.3 Å². The van der Waals surface area contributed by atoms with E-state index in [1.807, 2.05) is 11.9 Å². The van der Waals surface area contributed by atoms with Crippen molar-refractivity contribution in [1.82, 2.24) is 9.80 Å². The van der Waals surface area contributed by atoms with Gasteiger partial charge in [0, 0.05) is 32.6 Å². The molecule has 0 aromatic rings. The number of nitrogens with zero attached hydrogens (tertiary/aromatic N) is 2.